The maximum Gasteiger partial charge on any atom is 0.341 e. The average Bonchev–Trinajstić information content (AvgIpc) is 2.65. The van der Waals surface area contributed by atoms with Crippen molar-refractivity contribution >= 4 is 5.97 Å². The molecule has 1 aliphatic carbocycles. The molecular formula is C12H19N3O2. The highest BCUT2D eigenvalue weighted by atomic mass is 16.5. The summed E-state index contributed by atoms with van der Waals surface area (Å²) in [7, 11) is 3.22. The summed E-state index contributed by atoms with van der Waals surface area (Å²) in [5.74, 6) is -0.344. The van der Waals surface area contributed by atoms with Crippen molar-refractivity contribution in [3.63, 3.8) is 0 Å². The van der Waals surface area contributed by atoms with Crippen LogP contribution in [-0.2, 0) is 17.2 Å². The molecule has 1 atom stereocenters. The molecule has 5 heteroatoms. The van der Waals surface area contributed by atoms with Crippen molar-refractivity contribution in [3.8, 4) is 0 Å². The molecule has 5 nitrogen and oxygen atoms in total. The zero-order valence-electron chi connectivity index (χ0n) is 10.8. The third-order valence-corrected chi connectivity index (χ3v) is 4.06. The molecule has 0 aliphatic heterocycles. The van der Waals surface area contributed by atoms with E-state index in [1.807, 2.05) is 7.05 Å². The molecule has 0 aromatic carbocycles. The zero-order valence-corrected chi connectivity index (χ0v) is 10.8. The van der Waals surface area contributed by atoms with Crippen LogP contribution in [-0.4, -0.2) is 29.4 Å². The zero-order chi connectivity index (χ0) is 12.8. The predicted molar refractivity (Wildman–Crippen MR) is 63.7 cm³/mol. The van der Waals surface area contributed by atoms with E-state index in [-0.39, 0.29) is 16.8 Å². The van der Waals surface area contributed by atoms with Gasteiger partial charge in [0, 0.05) is 19.0 Å². The van der Waals surface area contributed by atoms with E-state index in [0.717, 1.165) is 12.1 Å². The molecule has 1 aromatic rings. The largest absolute Gasteiger partial charge is 0.465 e. The van der Waals surface area contributed by atoms with E-state index in [2.05, 4.69) is 18.9 Å². The molecule has 1 fully saturated rings. The highest BCUT2D eigenvalue weighted by Crippen LogP contribution is 2.64. The fourth-order valence-corrected chi connectivity index (χ4v) is 2.82. The van der Waals surface area contributed by atoms with E-state index in [1.54, 1.807) is 10.9 Å². The van der Waals surface area contributed by atoms with E-state index in [9.17, 15) is 4.79 Å². The van der Waals surface area contributed by atoms with Gasteiger partial charge in [-0.1, -0.05) is 13.8 Å². The fourth-order valence-electron chi connectivity index (χ4n) is 2.82. The molecule has 17 heavy (non-hydrogen) atoms. The molecule has 0 spiro atoms. The van der Waals surface area contributed by atoms with Gasteiger partial charge in [-0.3, -0.25) is 4.68 Å². The van der Waals surface area contributed by atoms with E-state index >= 15 is 0 Å². The van der Waals surface area contributed by atoms with Crippen LogP contribution in [0.4, 0.5) is 0 Å². The summed E-state index contributed by atoms with van der Waals surface area (Å²) in [4.78, 5) is 11.7. The second kappa shape index (κ2) is 3.57. The first kappa shape index (κ1) is 12.1. The first-order chi connectivity index (χ1) is 7.89. The number of nitrogens with zero attached hydrogens (tertiary/aromatic N) is 2. The molecule has 1 unspecified atom stereocenters. The van der Waals surface area contributed by atoms with Crippen molar-refractivity contribution < 1.29 is 9.53 Å². The molecule has 2 N–H and O–H groups in total. The SMILES string of the molecule is COC(=O)c1cnn(C)c1C1(CN)CC1(C)C. The Morgan fingerprint density at radius 3 is 2.65 bits per heavy atom. The quantitative estimate of drug-likeness (QED) is 0.791. The number of hydrogen-bond donors (Lipinski definition) is 1. The van der Waals surface area contributed by atoms with Crippen molar-refractivity contribution in [2.75, 3.05) is 13.7 Å². The highest BCUT2D eigenvalue weighted by molar-refractivity contribution is 5.91. The predicted octanol–water partition coefficient (Wildman–Crippen LogP) is 0.833. The Balaban J connectivity index is 2.53. The maximum atomic E-state index is 11.7. The van der Waals surface area contributed by atoms with Crippen molar-refractivity contribution in [1.82, 2.24) is 9.78 Å². The van der Waals surface area contributed by atoms with Gasteiger partial charge in [-0.15, -0.1) is 0 Å². The smallest absolute Gasteiger partial charge is 0.341 e. The molecule has 1 heterocycles. The molecular weight excluding hydrogens is 218 g/mol. The van der Waals surface area contributed by atoms with Crippen LogP contribution in [0, 0.1) is 5.41 Å². The van der Waals surface area contributed by atoms with Crippen molar-refractivity contribution in [1.29, 1.82) is 0 Å². The van der Waals surface area contributed by atoms with Crippen LogP contribution in [0.15, 0.2) is 6.20 Å². The third-order valence-electron chi connectivity index (χ3n) is 4.06. The number of methoxy groups -OCH3 is 1. The number of ether oxygens (including phenoxy) is 1. The van der Waals surface area contributed by atoms with E-state index in [1.165, 1.54) is 7.11 Å². The second-order valence-electron chi connectivity index (χ2n) is 5.37. The summed E-state index contributed by atoms with van der Waals surface area (Å²) in [6.45, 7) is 4.84. The van der Waals surface area contributed by atoms with Crippen LogP contribution < -0.4 is 5.73 Å². The lowest BCUT2D eigenvalue weighted by Crippen LogP contribution is -2.29. The number of aromatic nitrogens is 2. The Morgan fingerprint density at radius 2 is 2.24 bits per heavy atom. The van der Waals surface area contributed by atoms with Gasteiger partial charge in [0.2, 0.25) is 0 Å². The van der Waals surface area contributed by atoms with Gasteiger partial charge in [0.05, 0.1) is 19.0 Å². The molecule has 1 aromatic heterocycles. The van der Waals surface area contributed by atoms with Crippen molar-refractivity contribution in [3.05, 3.63) is 17.5 Å². The number of carbonyl (C=O) groups is 1. The number of esters is 1. The van der Waals surface area contributed by atoms with Crippen molar-refractivity contribution in [2.24, 2.45) is 18.2 Å². The Bertz CT molecular complexity index is 464. The lowest BCUT2D eigenvalue weighted by molar-refractivity contribution is 0.0598. The summed E-state index contributed by atoms with van der Waals surface area (Å²) in [6.07, 6.45) is 2.53. The number of aryl methyl sites for hydroxylation is 1. The molecule has 2 rings (SSSR count). The molecule has 1 aliphatic rings. The van der Waals surface area contributed by atoms with Gasteiger partial charge in [-0.2, -0.15) is 5.10 Å². The monoisotopic (exact) mass is 237 g/mol. The van der Waals surface area contributed by atoms with Gasteiger partial charge in [-0.05, 0) is 11.8 Å². The van der Waals surface area contributed by atoms with Gasteiger partial charge < -0.3 is 10.5 Å². The van der Waals surface area contributed by atoms with Crippen molar-refractivity contribution in [2.45, 2.75) is 25.7 Å². The third kappa shape index (κ3) is 1.49. The van der Waals surface area contributed by atoms with Crippen LogP contribution in [0.1, 0.15) is 36.3 Å². The minimum Gasteiger partial charge on any atom is -0.465 e. The number of hydrogen-bond acceptors (Lipinski definition) is 4. The van der Waals surface area contributed by atoms with Gasteiger partial charge in [-0.25, -0.2) is 4.79 Å². The summed E-state index contributed by atoms with van der Waals surface area (Å²) in [6, 6.07) is 0. The summed E-state index contributed by atoms with van der Waals surface area (Å²) in [5, 5.41) is 4.17. The standard InChI is InChI=1S/C12H19N3O2/c1-11(2)6-12(11,7-13)9-8(10(16)17-4)5-14-15(9)3/h5H,6-7,13H2,1-4H3. The van der Waals surface area contributed by atoms with Crippen LogP contribution in [0.2, 0.25) is 0 Å². The van der Waals surface area contributed by atoms with E-state index < -0.39 is 0 Å². The van der Waals surface area contributed by atoms with Gasteiger partial charge in [0.15, 0.2) is 0 Å². The molecule has 94 valence electrons. The minimum absolute atomic E-state index is 0.109. The highest BCUT2D eigenvalue weighted by Gasteiger charge is 2.63. The molecule has 0 radical (unpaired) electrons. The molecule has 0 saturated heterocycles. The second-order valence-corrected chi connectivity index (χ2v) is 5.37. The average molecular weight is 237 g/mol. The fraction of sp³-hybridized carbons (Fsp3) is 0.667. The van der Waals surface area contributed by atoms with Crippen LogP contribution in [0.25, 0.3) is 0 Å². The lowest BCUT2D eigenvalue weighted by Gasteiger charge is -2.20. The number of rotatable bonds is 3. The number of nitrogens with two attached hydrogens (primary N) is 1. The lowest BCUT2D eigenvalue weighted by atomic mass is 9.90. The molecule has 0 bridgehead atoms. The van der Waals surface area contributed by atoms with Gasteiger partial charge in [0.25, 0.3) is 0 Å². The Kier molecular flexibility index (Phi) is 2.54. The Labute approximate surface area is 101 Å². The van der Waals surface area contributed by atoms with Crippen LogP contribution >= 0.6 is 0 Å². The minimum atomic E-state index is -0.344. The summed E-state index contributed by atoms with van der Waals surface area (Å²) in [5.41, 5.74) is 7.31. The van der Waals surface area contributed by atoms with Crippen LogP contribution in [0.3, 0.4) is 0 Å². The molecule has 1 saturated carbocycles. The normalized spacial score (nSPS) is 25.7. The topological polar surface area (TPSA) is 70.1 Å². The molecule has 0 amide bonds. The van der Waals surface area contributed by atoms with E-state index in [4.69, 9.17) is 10.5 Å². The summed E-state index contributed by atoms with van der Waals surface area (Å²) < 4.78 is 6.54. The van der Waals surface area contributed by atoms with Gasteiger partial charge >= 0.3 is 5.97 Å². The summed E-state index contributed by atoms with van der Waals surface area (Å²) >= 11 is 0. The first-order valence-electron chi connectivity index (χ1n) is 5.70. The maximum absolute atomic E-state index is 11.7. The first-order valence-corrected chi connectivity index (χ1v) is 5.70. The number of carbonyl (C=O) groups excluding carboxylic acids is 1. The van der Waals surface area contributed by atoms with E-state index in [0.29, 0.717) is 12.1 Å². The van der Waals surface area contributed by atoms with Crippen LogP contribution in [0.5, 0.6) is 0 Å². The Hall–Kier alpha value is -1.36. The van der Waals surface area contributed by atoms with Gasteiger partial charge in [0.1, 0.15) is 5.56 Å². The Morgan fingerprint density at radius 1 is 1.65 bits per heavy atom.